The monoisotopic (exact) mass is 184 g/mol. The quantitative estimate of drug-likeness (QED) is 0.640. The van der Waals surface area contributed by atoms with Crippen molar-refractivity contribution in [3.8, 4) is 0 Å². The lowest BCUT2D eigenvalue weighted by Gasteiger charge is -2.32. The SMILES string of the molecule is [NH3+]C1(C(=O)OC2CCCC2)CCC1. The summed E-state index contributed by atoms with van der Waals surface area (Å²) >= 11 is 0. The van der Waals surface area contributed by atoms with E-state index >= 15 is 0 Å². The van der Waals surface area contributed by atoms with Crippen LogP contribution in [0.5, 0.6) is 0 Å². The van der Waals surface area contributed by atoms with Gasteiger partial charge in [-0.1, -0.05) is 0 Å². The van der Waals surface area contributed by atoms with E-state index in [1.165, 1.54) is 12.8 Å². The van der Waals surface area contributed by atoms with Gasteiger partial charge in [-0.15, -0.1) is 0 Å². The van der Waals surface area contributed by atoms with E-state index in [1.54, 1.807) is 0 Å². The number of hydrogen-bond acceptors (Lipinski definition) is 2. The molecule has 3 nitrogen and oxygen atoms in total. The van der Waals surface area contributed by atoms with Crippen LogP contribution < -0.4 is 5.73 Å². The number of rotatable bonds is 2. The van der Waals surface area contributed by atoms with E-state index in [2.05, 4.69) is 5.73 Å². The third-order valence-electron chi connectivity index (χ3n) is 3.32. The Morgan fingerprint density at radius 3 is 2.31 bits per heavy atom. The van der Waals surface area contributed by atoms with Crippen molar-refractivity contribution in [1.29, 1.82) is 0 Å². The van der Waals surface area contributed by atoms with Crippen molar-refractivity contribution in [2.24, 2.45) is 0 Å². The number of hydrogen-bond donors (Lipinski definition) is 1. The highest BCUT2D eigenvalue weighted by Crippen LogP contribution is 2.30. The molecule has 0 aliphatic heterocycles. The van der Waals surface area contributed by atoms with Crippen molar-refractivity contribution in [2.45, 2.75) is 56.6 Å². The van der Waals surface area contributed by atoms with Crippen molar-refractivity contribution >= 4 is 5.97 Å². The third kappa shape index (κ3) is 1.70. The minimum absolute atomic E-state index is 0.0503. The molecule has 0 aromatic rings. The van der Waals surface area contributed by atoms with E-state index in [0.717, 1.165) is 32.1 Å². The van der Waals surface area contributed by atoms with Crippen molar-refractivity contribution in [3.63, 3.8) is 0 Å². The molecule has 0 atom stereocenters. The van der Waals surface area contributed by atoms with Crippen LogP contribution in [0.3, 0.4) is 0 Å². The van der Waals surface area contributed by atoms with Crippen LogP contribution in [0.25, 0.3) is 0 Å². The Bertz CT molecular complexity index is 205. The van der Waals surface area contributed by atoms with Crippen LogP contribution in [0.2, 0.25) is 0 Å². The van der Waals surface area contributed by atoms with Gasteiger partial charge in [-0.05, 0) is 32.1 Å². The molecule has 74 valence electrons. The minimum atomic E-state index is -0.372. The van der Waals surface area contributed by atoms with Gasteiger partial charge in [-0.3, -0.25) is 0 Å². The molecule has 0 radical (unpaired) electrons. The molecule has 0 unspecified atom stereocenters. The van der Waals surface area contributed by atoms with E-state index in [1.807, 2.05) is 0 Å². The number of esters is 1. The van der Waals surface area contributed by atoms with Crippen LogP contribution >= 0.6 is 0 Å². The lowest BCUT2D eigenvalue weighted by atomic mass is 9.78. The number of carbonyl (C=O) groups excluding carboxylic acids is 1. The molecule has 2 aliphatic rings. The molecule has 2 aliphatic carbocycles. The van der Waals surface area contributed by atoms with Crippen LogP contribution in [0.4, 0.5) is 0 Å². The number of carbonyl (C=O) groups is 1. The zero-order valence-electron chi connectivity index (χ0n) is 8.05. The molecule has 0 amide bonds. The first-order valence-corrected chi connectivity index (χ1v) is 5.27. The first-order valence-electron chi connectivity index (χ1n) is 5.27. The summed E-state index contributed by atoms with van der Waals surface area (Å²) in [6.07, 6.45) is 7.69. The van der Waals surface area contributed by atoms with E-state index in [9.17, 15) is 4.79 Å². The molecule has 13 heavy (non-hydrogen) atoms. The van der Waals surface area contributed by atoms with Crippen molar-refractivity contribution in [2.75, 3.05) is 0 Å². The fourth-order valence-corrected chi connectivity index (χ4v) is 2.09. The molecule has 2 fully saturated rings. The molecule has 2 saturated carbocycles. The lowest BCUT2D eigenvalue weighted by Crippen LogP contribution is -2.80. The Kier molecular flexibility index (Phi) is 2.28. The maximum atomic E-state index is 11.6. The smallest absolute Gasteiger partial charge is 0.368 e. The maximum Gasteiger partial charge on any atom is 0.368 e. The highest BCUT2D eigenvalue weighted by molar-refractivity contribution is 5.80. The van der Waals surface area contributed by atoms with Gasteiger partial charge < -0.3 is 10.5 Å². The summed E-state index contributed by atoms with van der Waals surface area (Å²) < 4.78 is 5.42. The first-order chi connectivity index (χ1) is 6.21. The molecule has 0 saturated heterocycles. The average molecular weight is 184 g/mol. The van der Waals surface area contributed by atoms with Crippen LogP contribution in [0.1, 0.15) is 44.9 Å². The molecular weight excluding hydrogens is 166 g/mol. The van der Waals surface area contributed by atoms with Crippen molar-refractivity contribution in [1.82, 2.24) is 0 Å². The largest absolute Gasteiger partial charge is 0.458 e. The van der Waals surface area contributed by atoms with Crippen LogP contribution in [-0.2, 0) is 9.53 Å². The fourth-order valence-electron chi connectivity index (χ4n) is 2.09. The van der Waals surface area contributed by atoms with Gasteiger partial charge in [0.05, 0.1) is 0 Å². The van der Waals surface area contributed by atoms with Gasteiger partial charge in [-0.2, -0.15) is 0 Å². The first kappa shape index (κ1) is 9.00. The fraction of sp³-hybridized carbons (Fsp3) is 0.900. The maximum absolute atomic E-state index is 11.6. The Hall–Kier alpha value is -0.570. The zero-order chi connectivity index (χ0) is 9.31. The summed E-state index contributed by atoms with van der Waals surface area (Å²) in [5.41, 5.74) is 3.57. The molecule has 0 aromatic carbocycles. The summed E-state index contributed by atoms with van der Waals surface area (Å²) in [7, 11) is 0. The zero-order valence-corrected chi connectivity index (χ0v) is 8.05. The normalized spacial score (nSPS) is 26.8. The second-order valence-electron chi connectivity index (χ2n) is 4.45. The summed E-state index contributed by atoms with van der Waals surface area (Å²) in [5.74, 6) is -0.0503. The Morgan fingerprint density at radius 1 is 1.23 bits per heavy atom. The Labute approximate surface area is 78.6 Å². The van der Waals surface area contributed by atoms with Crippen LogP contribution in [-0.4, -0.2) is 17.6 Å². The second-order valence-corrected chi connectivity index (χ2v) is 4.45. The van der Waals surface area contributed by atoms with Gasteiger partial charge >= 0.3 is 5.97 Å². The summed E-state index contributed by atoms with van der Waals surface area (Å²) in [5, 5.41) is 0. The predicted molar refractivity (Wildman–Crippen MR) is 47.8 cm³/mol. The standard InChI is InChI=1S/C10H17NO2/c11-10(6-3-7-10)9(12)13-8-4-1-2-5-8/h8H,1-7,11H2/p+1. The van der Waals surface area contributed by atoms with Gasteiger partial charge in [0.25, 0.3) is 0 Å². The minimum Gasteiger partial charge on any atom is -0.458 e. The highest BCUT2D eigenvalue weighted by Gasteiger charge is 2.47. The number of quaternary nitrogens is 1. The van der Waals surface area contributed by atoms with Crippen LogP contribution in [0.15, 0.2) is 0 Å². The summed E-state index contributed by atoms with van der Waals surface area (Å²) in [6.45, 7) is 0. The molecule has 0 spiro atoms. The molecule has 0 bridgehead atoms. The van der Waals surface area contributed by atoms with Gasteiger partial charge in [0.15, 0.2) is 5.54 Å². The molecule has 0 aromatic heterocycles. The lowest BCUT2D eigenvalue weighted by molar-refractivity contribution is -0.482. The Balaban J connectivity index is 1.83. The average Bonchev–Trinajstić information content (AvgIpc) is 2.52. The van der Waals surface area contributed by atoms with E-state index in [-0.39, 0.29) is 17.6 Å². The van der Waals surface area contributed by atoms with Gasteiger partial charge in [0.2, 0.25) is 0 Å². The topological polar surface area (TPSA) is 53.9 Å². The van der Waals surface area contributed by atoms with Crippen LogP contribution in [0, 0.1) is 0 Å². The molecule has 0 heterocycles. The Morgan fingerprint density at radius 2 is 1.85 bits per heavy atom. The predicted octanol–water partition coefficient (Wildman–Crippen LogP) is 0.637. The van der Waals surface area contributed by atoms with Crippen molar-refractivity contribution in [3.05, 3.63) is 0 Å². The van der Waals surface area contributed by atoms with E-state index < -0.39 is 0 Å². The summed E-state index contributed by atoms with van der Waals surface area (Å²) in [4.78, 5) is 11.6. The summed E-state index contributed by atoms with van der Waals surface area (Å²) in [6, 6.07) is 0. The van der Waals surface area contributed by atoms with Gasteiger partial charge in [-0.25, -0.2) is 4.79 Å². The molecule has 3 N–H and O–H groups in total. The van der Waals surface area contributed by atoms with Crippen molar-refractivity contribution < 1.29 is 15.3 Å². The molecule has 2 rings (SSSR count). The second kappa shape index (κ2) is 3.29. The number of ether oxygens (including phenoxy) is 1. The molecule has 3 heteroatoms. The van der Waals surface area contributed by atoms with E-state index in [4.69, 9.17) is 4.74 Å². The van der Waals surface area contributed by atoms with E-state index in [0.29, 0.717) is 0 Å². The molecular formula is C10H18NO2+. The van der Waals surface area contributed by atoms with Gasteiger partial charge in [0.1, 0.15) is 6.10 Å². The third-order valence-corrected chi connectivity index (χ3v) is 3.32. The van der Waals surface area contributed by atoms with Gasteiger partial charge in [0, 0.05) is 12.8 Å². The highest BCUT2D eigenvalue weighted by atomic mass is 16.5.